The maximum atomic E-state index is 11.3. The van der Waals surface area contributed by atoms with E-state index in [4.69, 9.17) is 14.0 Å². The van der Waals surface area contributed by atoms with E-state index in [1.807, 2.05) is 19.1 Å². The van der Waals surface area contributed by atoms with Crippen molar-refractivity contribution >= 4 is 27.5 Å². The second-order valence-electron chi connectivity index (χ2n) is 7.34. The monoisotopic (exact) mass is 445 g/mol. The van der Waals surface area contributed by atoms with Crippen molar-refractivity contribution < 1.29 is 18.9 Å². The predicted octanol–water partition coefficient (Wildman–Crippen LogP) is 5.18. The van der Waals surface area contributed by atoms with Crippen LogP contribution in [0.4, 0.5) is 5.69 Å². The van der Waals surface area contributed by atoms with Crippen LogP contribution in [0.3, 0.4) is 0 Å². The highest BCUT2D eigenvalue weighted by atomic mass is 16.6. The third kappa shape index (κ3) is 3.66. The highest BCUT2D eigenvalue weighted by Crippen LogP contribution is 2.37. The van der Waals surface area contributed by atoms with E-state index in [1.54, 1.807) is 37.6 Å². The summed E-state index contributed by atoms with van der Waals surface area (Å²) in [5.74, 6) is 1.54. The Labute approximate surface area is 187 Å². The van der Waals surface area contributed by atoms with Gasteiger partial charge in [0, 0.05) is 41.4 Å². The van der Waals surface area contributed by atoms with E-state index in [0.717, 1.165) is 27.4 Å². The molecule has 5 rings (SSSR count). The quantitative estimate of drug-likeness (QED) is 0.268. The van der Waals surface area contributed by atoms with Crippen molar-refractivity contribution in [1.29, 1.82) is 0 Å². The number of hydrogen-bond acceptors (Lipinski definition) is 8. The van der Waals surface area contributed by atoms with Crippen molar-refractivity contribution in [3.63, 3.8) is 0 Å². The van der Waals surface area contributed by atoms with Crippen LogP contribution >= 0.6 is 0 Å². The highest BCUT2D eigenvalue weighted by Gasteiger charge is 2.21. The number of nitrogens with one attached hydrogen (secondary N) is 1. The Morgan fingerprint density at radius 1 is 1.18 bits per heavy atom. The second kappa shape index (κ2) is 8.32. The van der Waals surface area contributed by atoms with E-state index in [9.17, 15) is 10.1 Å². The minimum Gasteiger partial charge on any atom is -0.450 e. The molecule has 0 aliphatic rings. The molecule has 0 fully saturated rings. The van der Waals surface area contributed by atoms with Gasteiger partial charge >= 0.3 is 5.69 Å². The molecule has 10 nitrogen and oxygen atoms in total. The summed E-state index contributed by atoms with van der Waals surface area (Å²) in [7, 11) is 1.60. The number of methoxy groups -OCH3 is 1. The number of para-hydroxylation sites is 2. The van der Waals surface area contributed by atoms with Crippen molar-refractivity contribution in [2.24, 2.45) is 0 Å². The fraction of sp³-hybridized carbons (Fsp3) is 0.174. The first-order valence-corrected chi connectivity index (χ1v) is 10.3. The maximum Gasteiger partial charge on any atom is 0.311 e. The van der Waals surface area contributed by atoms with Gasteiger partial charge in [-0.15, -0.1) is 0 Å². The Balaban J connectivity index is 1.67. The van der Waals surface area contributed by atoms with Gasteiger partial charge < -0.3 is 19.0 Å². The third-order valence-corrected chi connectivity index (χ3v) is 5.27. The summed E-state index contributed by atoms with van der Waals surface area (Å²) in [6, 6.07) is 11.7. The minimum atomic E-state index is -0.469. The number of ether oxygens (including phenoxy) is 2. The Kier molecular flexibility index (Phi) is 5.19. The molecule has 0 atom stereocenters. The normalized spacial score (nSPS) is 11.3. The Bertz CT molecular complexity index is 1490. The molecule has 0 aliphatic heterocycles. The summed E-state index contributed by atoms with van der Waals surface area (Å²) in [4.78, 5) is 23.2. The number of nitro groups is 1. The van der Waals surface area contributed by atoms with Crippen LogP contribution in [0.25, 0.3) is 33.4 Å². The molecular formula is C23H19N5O5. The largest absolute Gasteiger partial charge is 0.450 e. The standard InChI is InChI=1S/C23H19N5O5/c1-3-20-26-23(33-27-20)22-15(12-31-2)21-14-10-13(8-9-16(14)25-17(21)11-24-22)32-19-7-5-4-6-18(19)28(29)30/h4-11,25H,3,12H2,1-2H3. The van der Waals surface area contributed by atoms with Crippen molar-refractivity contribution in [2.45, 2.75) is 20.0 Å². The van der Waals surface area contributed by atoms with E-state index in [0.29, 0.717) is 29.6 Å². The third-order valence-electron chi connectivity index (χ3n) is 5.27. The summed E-state index contributed by atoms with van der Waals surface area (Å²) >= 11 is 0. The lowest BCUT2D eigenvalue weighted by Gasteiger charge is -2.08. The van der Waals surface area contributed by atoms with Gasteiger partial charge in [0.1, 0.15) is 11.4 Å². The molecule has 1 N–H and O–H groups in total. The van der Waals surface area contributed by atoms with Crippen LogP contribution in [0, 0.1) is 10.1 Å². The molecule has 166 valence electrons. The topological polar surface area (TPSA) is 129 Å². The van der Waals surface area contributed by atoms with E-state index < -0.39 is 4.92 Å². The van der Waals surface area contributed by atoms with Crippen LogP contribution in [0.1, 0.15) is 18.3 Å². The number of aryl methyl sites for hydroxylation is 1. The molecule has 0 aliphatic carbocycles. The zero-order valence-electron chi connectivity index (χ0n) is 17.9. The number of benzene rings is 2. The Morgan fingerprint density at radius 2 is 2.03 bits per heavy atom. The molecule has 0 unspecified atom stereocenters. The lowest BCUT2D eigenvalue weighted by molar-refractivity contribution is -0.385. The summed E-state index contributed by atoms with van der Waals surface area (Å²) < 4.78 is 16.8. The van der Waals surface area contributed by atoms with Gasteiger partial charge in [0.05, 0.1) is 23.2 Å². The van der Waals surface area contributed by atoms with Crippen LogP contribution < -0.4 is 4.74 Å². The molecule has 0 bridgehead atoms. The average Bonchev–Trinajstić information content (AvgIpc) is 3.44. The van der Waals surface area contributed by atoms with Crippen molar-refractivity contribution in [1.82, 2.24) is 20.1 Å². The second-order valence-corrected chi connectivity index (χ2v) is 7.34. The number of aromatic nitrogens is 4. The molecule has 3 aromatic heterocycles. The summed E-state index contributed by atoms with van der Waals surface area (Å²) in [5.41, 5.74) is 2.89. The van der Waals surface area contributed by atoms with Crippen LogP contribution in [-0.4, -0.2) is 32.1 Å². The summed E-state index contributed by atoms with van der Waals surface area (Å²) in [5, 5.41) is 17.1. The Hall–Kier alpha value is -4.31. The average molecular weight is 445 g/mol. The highest BCUT2D eigenvalue weighted by molar-refractivity contribution is 6.10. The molecule has 10 heteroatoms. The van der Waals surface area contributed by atoms with Gasteiger partial charge in [-0.2, -0.15) is 4.98 Å². The maximum absolute atomic E-state index is 11.3. The van der Waals surface area contributed by atoms with Crippen LogP contribution in [-0.2, 0) is 17.8 Å². The molecule has 0 radical (unpaired) electrons. The predicted molar refractivity (Wildman–Crippen MR) is 120 cm³/mol. The lowest BCUT2D eigenvalue weighted by atomic mass is 10.1. The van der Waals surface area contributed by atoms with Gasteiger partial charge in [-0.3, -0.25) is 10.1 Å². The smallest absolute Gasteiger partial charge is 0.311 e. The van der Waals surface area contributed by atoms with Gasteiger partial charge in [-0.1, -0.05) is 24.2 Å². The first-order valence-electron chi connectivity index (χ1n) is 10.3. The van der Waals surface area contributed by atoms with Crippen LogP contribution in [0.5, 0.6) is 11.5 Å². The van der Waals surface area contributed by atoms with E-state index >= 15 is 0 Å². The number of aromatic amines is 1. The van der Waals surface area contributed by atoms with Gasteiger partial charge in [-0.25, -0.2) is 4.98 Å². The molecule has 0 saturated carbocycles. The number of H-pyrrole nitrogens is 1. The first kappa shape index (κ1) is 20.6. The number of pyridine rings is 1. The molecule has 3 heterocycles. The number of nitrogens with zero attached hydrogens (tertiary/aromatic N) is 4. The number of nitro benzene ring substituents is 1. The first-order chi connectivity index (χ1) is 16.1. The molecular weight excluding hydrogens is 426 g/mol. The van der Waals surface area contributed by atoms with Gasteiger partial charge in [0.25, 0.3) is 5.89 Å². The van der Waals surface area contributed by atoms with Gasteiger partial charge in [0.2, 0.25) is 5.75 Å². The van der Waals surface area contributed by atoms with Crippen molar-refractivity contribution in [2.75, 3.05) is 7.11 Å². The molecule has 2 aromatic carbocycles. The summed E-state index contributed by atoms with van der Waals surface area (Å²) in [6.07, 6.45) is 2.35. The SMILES string of the molecule is CCc1noc(-c2ncc3[nH]c4ccc(Oc5ccccc5[N+](=O)[O-])cc4c3c2COC)n1. The zero-order valence-corrected chi connectivity index (χ0v) is 17.9. The fourth-order valence-corrected chi connectivity index (χ4v) is 3.79. The molecule has 5 aromatic rings. The molecule has 0 spiro atoms. The zero-order chi connectivity index (χ0) is 22.9. The van der Waals surface area contributed by atoms with Crippen molar-refractivity contribution in [3.8, 4) is 23.1 Å². The number of rotatable bonds is 7. The Morgan fingerprint density at radius 3 is 2.79 bits per heavy atom. The number of hydrogen-bond donors (Lipinski definition) is 1. The van der Waals surface area contributed by atoms with Gasteiger partial charge in [0.15, 0.2) is 5.82 Å². The molecule has 0 saturated heterocycles. The van der Waals surface area contributed by atoms with Gasteiger partial charge in [-0.05, 0) is 24.3 Å². The van der Waals surface area contributed by atoms with Crippen LogP contribution in [0.15, 0.2) is 53.2 Å². The summed E-state index contributed by atoms with van der Waals surface area (Å²) in [6.45, 7) is 2.21. The van der Waals surface area contributed by atoms with E-state index in [-0.39, 0.29) is 18.0 Å². The molecule has 0 amide bonds. The van der Waals surface area contributed by atoms with Crippen LogP contribution in [0.2, 0.25) is 0 Å². The number of fused-ring (bicyclic) bond motifs is 3. The minimum absolute atomic E-state index is 0.105. The van der Waals surface area contributed by atoms with Crippen molar-refractivity contribution in [3.05, 3.63) is 70.2 Å². The molecule has 33 heavy (non-hydrogen) atoms. The van der Waals surface area contributed by atoms with E-state index in [1.165, 1.54) is 6.07 Å². The van der Waals surface area contributed by atoms with E-state index in [2.05, 4.69) is 20.1 Å². The lowest BCUT2D eigenvalue weighted by Crippen LogP contribution is -1.97. The fourth-order valence-electron chi connectivity index (χ4n) is 3.79.